The van der Waals surface area contributed by atoms with Crippen molar-refractivity contribution in [3.8, 4) is 0 Å². The van der Waals surface area contributed by atoms with Crippen molar-refractivity contribution in [1.29, 1.82) is 0 Å². The molecule has 4 aliphatic carbocycles. The summed E-state index contributed by atoms with van der Waals surface area (Å²) in [7, 11) is 0. The molecule has 0 radical (unpaired) electrons. The highest BCUT2D eigenvalue weighted by Gasteiger charge is 2.61. The van der Waals surface area contributed by atoms with Crippen molar-refractivity contribution < 1.29 is 9.53 Å². The molecule has 0 bridgehead atoms. The predicted molar refractivity (Wildman–Crippen MR) is 127 cm³/mol. The van der Waals surface area contributed by atoms with E-state index in [9.17, 15) is 4.79 Å². The first-order valence-electron chi connectivity index (χ1n) is 12.3. The molecule has 3 fully saturated rings. The van der Waals surface area contributed by atoms with E-state index >= 15 is 0 Å². The highest BCUT2D eigenvalue weighted by molar-refractivity contribution is 9.10. The monoisotopic (exact) mass is 483 g/mol. The van der Waals surface area contributed by atoms with E-state index in [-0.39, 0.29) is 17.5 Å². The average Bonchev–Trinajstić information content (AvgIpc) is 3.25. The maximum atomic E-state index is 11.7. The zero-order chi connectivity index (χ0) is 21.5. The van der Waals surface area contributed by atoms with Gasteiger partial charge < -0.3 is 9.72 Å². The molecule has 3 saturated carbocycles. The van der Waals surface area contributed by atoms with Gasteiger partial charge in [0.05, 0.1) is 0 Å². The van der Waals surface area contributed by atoms with Crippen molar-refractivity contribution in [2.24, 2.45) is 28.6 Å². The van der Waals surface area contributed by atoms with Crippen LogP contribution in [0.15, 0.2) is 22.7 Å². The molecule has 31 heavy (non-hydrogen) atoms. The molecule has 0 saturated heterocycles. The Morgan fingerprint density at radius 2 is 1.87 bits per heavy atom. The molecule has 4 heteroatoms. The van der Waals surface area contributed by atoms with Crippen LogP contribution in [0.2, 0.25) is 0 Å². The lowest BCUT2D eigenvalue weighted by atomic mass is 9.45. The number of esters is 1. The first-order chi connectivity index (χ1) is 14.8. The van der Waals surface area contributed by atoms with Crippen LogP contribution in [0.4, 0.5) is 0 Å². The lowest BCUT2D eigenvalue weighted by Gasteiger charge is -2.60. The summed E-state index contributed by atoms with van der Waals surface area (Å²) in [6.07, 6.45) is 10.0. The van der Waals surface area contributed by atoms with Crippen molar-refractivity contribution in [3.05, 3.63) is 33.9 Å². The average molecular weight is 484 g/mol. The third-order valence-corrected chi connectivity index (χ3v) is 10.7. The Morgan fingerprint density at radius 1 is 1.06 bits per heavy atom. The van der Waals surface area contributed by atoms with Gasteiger partial charge in [0.15, 0.2) is 0 Å². The van der Waals surface area contributed by atoms with E-state index in [4.69, 9.17) is 4.74 Å². The van der Waals surface area contributed by atoms with Gasteiger partial charge in [0.25, 0.3) is 0 Å². The number of fused-ring (bicyclic) bond motifs is 9. The fourth-order valence-electron chi connectivity index (χ4n) is 8.87. The number of halogens is 1. The molecule has 4 aliphatic rings. The van der Waals surface area contributed by atoms with E-state index in [1.807, 2.05) is 0 Å². The number of rotatable bonds is 1. The van der Waals surface area contributed by atoms with Gasteiger partial charge in [-0.3, -0.25) is 4.79 Å². The zero-order valence-electron chi connectivity index (χ0n) is 19.0. The standard InChI is InChI=1S/C27H34BrNO2/c1-15(30)31-24-9-7-19-17-5-6-21-25-18-14-16(28)4-8-22(18)29-23(25)11-13-26(21,2)20(17)10-12-27(19,24)3/h4,8,14,17,19-21,24,29H,5-7,9-13H2,1-3H3/t17?,19?,20?,21-,24+,26-,27+/m1/s1. The SMILES string of the molecule is CC(=O)O[C@H]1CCC2C3CC[C@@H]4c5c([nH]c6ccc(Br)cc56)CC[C@]4(C)C3CC[C@@]21C. The summed E-state index contributed by atoms with van der Waals surface area (Å²) in [6, 6.07) is 6.73. The molecular formula is C27H34BrNO2. The fraction of sp³-hybridized carbons (Fsp3) is 0.667. The minimum Gasteiger partial charge on any atom is -0.462 e. The molecule has 7 atom stereocenters. The van der Waals surface area contributed by atoms with Crippen LogP contribution in [0.5, 0.6) is 0 Å². The molecule has 0 spiro atoms. The van der Waals surface area contributed by atoms with E-state index in [1.54, 1.807) is 12.5 Å². The van der Waals surface area contributed by atoms with Crippen LogP contribution in [0, 0.1) is 28.6 Å². The number of carbonyl (C=O) groups excluding carboxylic acids is 1. The Bertz CT molecular complexity index is 1060. The Hall–Kier alpha value is -1.29. The second kappa shape index (κ2) is 6.85. The lowest BCUT2D eigenvalue weighted by molar-refractivity contribution is -0.158. The maximum Gasteiger partial charge on any atom is 0.302 e. The van der Waals surface area contributed by atoms with Gasteiger partial charge in [0, 0.05) is 33.4 Å². The van der Waals surface area contributed by atoms with E-state index < -0.39 is 0 Å². The van der Waals surface area contributed by atoms with Crippen LogP contribution < -0.4 is 0 Å². The fourth-order valence-corrected chi connectivity index (χ4v) is 9.23. The molecule has 1 heterocycles. The largest absolute Gasteiger partial charge is 0.462 e. The number of aromatic amines is 1. The second-order valence-electron chi connectivity index (χ2n) is 11.4. The van der Waals surface area contributed by atoms with Crippen LogP contribution in [-0.4, -0.2) is 17.1 Å². The summed E-state index contributed by atoms with van der Waals surface area (Å²) in [6.45, 7) is 6.63. The highest BCUT2D eigenvalue weighted by atomic mass is 79.9. The number of hydrogen-bond acceptors (Lipinski definition) is 2. The number of aryl methyl sites for hydroxylation is 1. The van der Waals surface area contributed by atoms with Crippen LogP contribution >= 0.6 is 15.9 Å². The third-order valence-electron chi connectivity index (χ3n) is 10.2. The Kier molecular flexibility index (Phi) is 4.49. The quantitative estimate of drug-likeness (QED) is 0.438. The molecule has 1 aromatic heterocycles. The molecule has 3 unspecified atom stereocenters. The van der Waals surface area contributed by atoms with Crippen LogP contribution in [0.1, 0.15) is 82.9 Å². The van der Waals surface area contributed by atoms with Gasteiger partial charge in [0.2, 0.25) is 0 Å². The second-order valence-corrected chi connectivity index (χ2v) is 12.4. The summed E-state index contributed by atoms with van der Waals surface area (Å²) in [5.41, 5.74) is 4.98. The van der Waals surface area contributed by atoms with Gasteiger partial charge in [-0.25, -0.2) is 0 Å². The molecular weight excluding hydrogens is 450 g/mol. The first kappa shape index (κ1) is 20.3. The van der Waals surface area contributed by atoms with Crippen LogP contribution in [-0.2, 0) is 16.0 Å². The van der Waals surface area contributed by atoms with E-state index in [0.717, 1.165) is 18.3 Å². The Labute approximate surface area is 193 Å². The molecule has 0 aliphatic heterocycles. The van der Waals surface area contributed by atoms with E-state index in [0.29, 0.717) is 17.3 Å². The van der Waals surface area contributed by atoms with Crippen molar-refractivity contribution in [1.82, 2.24) is 4.98 Å². The maximum absolute atomic E-state index is 11.7. The van der Waals surface area contributed by atoms with Gasteiger partial charge in [-0.15, -0.1) is 0 Å². The lowest BCUT2D eigenvalue weighted by Crippen LogP contribution is -2.53. The number of carbonyl (C=O) groups is 1. The van der Waals surface area contributed by atoms with Gasteiger partial charge >= 0.3 is 5.97 Å². The third kappa shape index (κ3) is 2.79. The molecule has 6 rings (SSSR count). The summed E-state index contributed by atoms with van der Waals surface area (Å²) in [5.74, 6) is 2.86. The molecule has 1 N–H and O–H groups in total. The van der Waals surface area contributed by atoms with Gasteiger partial charge in [-0.2, -0.15) is 0 Å². The normalized spacial score (nSPS) is 41.2. The molecule has 1 aromatic carbocycles. The number of hydrogen-bond donors (Lipinski definition) is 1. The van der Waals surface area contributed by atoms with Crippen LogP contribution in [0.3, 0.4) is 0 Å². The number of aromatic nitrogens is 1. The summed E-state index contributed by atoms with van der Waals surface area (Å²) >= 11 is 3.71. The number of benzene rings is 1. The topological polar surface area (TPSA) is 42.1 Å². The van der Waals surface area contributed by atoms with Gasteiger partial charge in [-0.1, -0.05) is 29.8 Å². The molecule has 0 amide bonds. The van der Waals surface area contributed by atoms with Crippen molar-refractivity contribution in [3.63, 3.8) is 0 Å². The van der Waals surface area contributed by atoms with Crippen molar-refractivity contribution in [2.45, 2.75) is 84.2 Å². The summed E-state index contributed by atoms with van der Waals surface area (Å²) < 4.78 is 7.02. The molecule has 3 nitrogen and oxygen atoms in total. The number of H-pyrrole nitrogens is 1. The van der Waals surface area contributed by atoms with Crippen molar-refractivity contribution >= 4 is 32.8 Å². The first-order valence-corrected chi connectivity index (χ1v) is 13.1. The van der Waals surface area contributed by atoms with Crippen molar-refractivity contribution in [2.75, 3.05) is 0 Å². The molecule has 166 valence electrons. The van der Waals surface area contributed by atoms with Gasteiger partial charge in [0.1, 0.15) is 6.10 Å². The summed E-state index contributed by atoms with van der Waals surface area (Å²) in [4.78, 5) is 15.5. The Balaban J connectivity index is 1.36. The summed E-state index contributed by atoms with van der Waals surface area (Å²) in [5, 5.41) is 1.44. The minimum absolute atomic E-state index is 0.102. The van der Waals surface area contributed by atoms with E-state index in [1.165, 1.54) is 66.0 Å². The smallest absolute Gasteiger partial charge is 0.302 e. The number of ether oxygens (including phenoxy) is 1. The molecule has 2 aromatic rings. The Morgan fingerprint density at radius 3 is 2.68 bits per heavy atom. The van der Waals surface area contributed by atoms with Gasteiger partial charge in [-0.05, 0) is 104 Å². The predicted octanol–water partition coefficient (Wildman–Crippen LogP) is 7.13. The zero-order valence-corrected chi connectivity index (χ0v) is 20.6. The van der Waals surface area contributed by atoms with E-state index in [2.05, 4.69) is 53.0 Å². The number of nitrogens with one attached hydrogen (secondary N) is 1. The highest BCUT2D eigenvalue weighted by Crippen LogP contribution is 2.68. The van der Waals surface area contributed by atoms with Crippen LogP contribution in [0.25, 0.3) is 10.9 Å². The minimum atomic E-state index is -0.102.